The third kappa shape index (κ3) is 3.07. The second kappa shape index (κ2) is 6.07. The van der Waals surface area contributed by atoms with Crippen LogP contribution in [0, 0.1) is 18.8 Å². The second-order valence-corrected chi connectivity index (χ2v) is 6.00. The Morgan fingerprint density at radius 1 is 1.39 bits per heavy atom. The van der Waals surface area contributed by atoms with Crippen molar-refractivity contribution in [3.05, 3.63) is 16.4 Å². The summed E-state index contributed by atoms with van der Waals surface area (Å²) in [4.78, 5) is 0. The van der Waals surface area contributed by atoms with Gasteiger partial charge in [-0.2, -0.15) is 5.10 Å². The largest absolute Gasteiger partial charge is 0.311 e. The molecule has 1 heterocycles. The highest BCUT2D eigenvalue weighted by atomic mass is 35.5. The minimum Gasteiger partial charge on any atom is -0.311 e. The van der Waals surface area contributed by atoms with Crippen LogP contribution >= 0.6 is 11.6 Å². The monoisotopic (exact) mass is 269 g/mol. The zero-order valence-corrected chi connectivity index (χ0v) is 12.4. The second-order valence-electron chi connectivity index (χ2n) is 5.62. The van der Waals surface area contributed by atoms with Crippen molar-refractivity contribution in [1.29, 1.82) is 0 Å². The molecule has 2 unspecified atom stereocenters. The van der Waals surface area contributed by atoms with E-state index in [1.54, 1.807) is 0 Å². The summed E-state index contributed by atoms with van der Waals surface area (Å²) < 4.78 is 1.88. The number of nitrogens with one attached hydrogen (secondary N) is 1. The molecule has 102 valence electrons. The van der Waals surface area contributed by atoms with Gasteiger partial charge in [-0.25, -0.2) is 0 Å². The van der Waals surface area contributed by atoms with Crippen molar-refractivity contribution in [2.24, 2.45) is 18.9 Å². The predicted octanol–water partition coefficient (Wildman–Crippen LogP) is 3.30. The van der Waals surface area contributed by atoms with Gasteiger partial charge in [0, 0.05) is 13.6 Å². The van der Waals surface area contributed by atoms with Crippen LogP contribution in [0.5, 0.6) is 0 Å². The van der Waals surface area contributed by atoms with Crippen LogP contribution in [0.3, 0.4) is 0 Å². The summed E-state index contributed by atoms with van der Waals surface area (Å²) in [5.41, 5.74) is 2.01. The average molecular weight is 270 g/mol. The first-order valence-electron chi connectivity index (χ1n) is 6.98. The molecule has 0 spiro atoms. The lowest BCUT2D eigenvalue weighted by molar-refractivity contribution is 0.247. The molecule has 2 rings (SSSR count). The van der Waals surface area contributed by atoms with E-state index < -0.39 is 0 Å². The lowest BCUT2D eigenvalue weighted by Gasteiger charge is -2.28. The fourth-order valence-corrected chi connectivity index (χ4v) is 3.17. The number of halogens is 1. The molecular formula is C14H24ClN3. The third-order valence-electron chi connectivity index (χ3n) is 4.25. The van der Waals surface area contributed by atoms with Gasteiger partial charge in [0.05, 0.1) is 16.4 Å². The minimum absolute atomic E-state index is 0.807. The summed E-state index contributed by atoms with van der Waals surface area (Å²) >= 11 is 6.24. The first-order chi connectivity index (χ1) is 8.59. The lowest BCUT2D eigenvalue weighted by atomic mass is 9.80. The van der Waals surface area contributed by atoms with Crippen molar-refractivity contribution in [3.8, 4) is 0 Å². The van der Waals surface area contributed by atoms with Crippen molar-refractivity contribution >= 4 is 11.6 Å². The SMILES string of the molecule is Cc1nn(C)c(CNCC2CCCCC2C)c1Cl. The van der Waals surface area contributed by atoms with Crippen molar-refractivity contribution < 1.29 is 0 Å². The van der Waals surface area contributed by atoms with Gasteiger partial charge in [0.25, 0.3) is 0 Å². The minimum atomic E-state index is 0.807. The lowest BCUT2D eigenvalue weighted by Crippen LogP contribution is -2.29. The van der Waals surface area contributed by atoms with Gasteiger partial charge in [0.2, 0.25) is 0 Å². The molecule has 1 aromatic rings. The summed E-state index contributed by atoms with van der Waals surface area (Å²) in [6.07, 6.45) is 5.55. The Bertz CT molecular complexity index is 400. The smallest absolute Gasteiger partial charge is 0.0860 e. The average Bonchev–Trinajstić information content (AvgIpc) is 2.58. The van der Waals surface area contributed by atoms with E-state index in [0.29, 0.717) is 0 Å². The Labute approximate surface area is 115 Å². The summed E-state index contributed by atoms with van der Waals surface area (Å²) in [6, 6.07) is 0. The Kier molecular flexibility index (Phi) is 4.68. The summed E-state index contributed by atoms with van der Waals surface area (Å²) in [7, 11) is 1.96. The highest BCUT2D eigenvalue weighted by molar-refractivity contribution is 6.31. The maximum Gasteiger partial charge on any atom is 0.0860 e. The highest BCUT2D eigenvalue weighted by Crippen LogP contribution is 2.29. The molecule has 4 heteroatoms. The molecule has 0 aliphatic heterocycles. The van der Waals surface area contributed by atoms with E-state index in [1.807, 2.05) is 18.7 Å². The van der Waals surface area contributed by atoms with Gasteiger partial charge in [0.15, 0.2) is 0 Å². The topological polar surface area (TPSA) is 29.9 Å². The van der Waals surface area contributed by atoms with Gasteiger partial charge in [-0.05, 0) is 31.7 Å². The van der Waals surface area contributed by atoms with Gasteiger partial charge in [-0.15, -0.1) is 0 Å². The zero-order valence-electron chi connectivity index (χ0n) is 11.7. The van der Waals surface area contributed by atoms with Crippen LogP contribution in [0.1, 0.15) is 44.0 Å². The molecule has 1 saturated carbocycles. The molecule has 1 aliphatic rings. The van der Waals surface area contributed by atoms with Crippen LogP contribution < -0.4 is 5.32 Å². The van der Waals surface area contributed by atoms with Crippen LogP contribution in [0.2, 0.25) is 5.02 Å². The fourth-order valence-electron chi connectivity index (χ4n) is 2.94. The quantitative estimate of drug-likeness (QED) is 0.909. The van der Waals surface area contributed by atoms with E-state index in [-0.39, 0.29) is 0 Å². The van der Waals surface area contributed by atoms with Crippen molar-refractivity contribution in [2.75, 3.05) is 6.54 Å². The van der Waals surface area contributed by atoms with Crippen LogP contribution in [-0.2, 0) is 13.6 Å². The molecule has 0 radical (unpaired) electrons. The van der Waals surface area contributed by atoms with E-state index in [1.165, 1.54) is 25.7 Å². The molecule has 1 fully saturated rings. The summed E-state index contributed by atoms with van der Waals surface area (Å²) in [5.74, 6) is 1.68. The van der Waals surface area contributed by atoms with E-state index in [0.717, 1.165) is 41.3 Å². The molecule has 18 heavy (non-hydrogen) atoms. The standard InChI is InChI=1S/C14H24ClN3/c1-10-6-4-5-7-12(10)8-16-9-13-14(15)11(2)17-18(13)3/h10,12,16H,4-9H2,1-3H3. The fraction of sp³-hybridized carbons (Fsp3) is 0.786. The Morgan fingerprint density at radius 2 is 2.11 bits per heavy atom. The van der Waals surface area contributed by atoms with Gasteiger partial charge in [0.1, 0.15) is 0 Å². The van der Waals surface area contributed by atoms with Gasteiger partial charge < -0.3 is 5.32 Å². The van der Waals surface area contributed by atoms with E-state index in [9.17, 15) is 0 Å². The predicted molar refractivity (Wildman–Crippen MR) is 75.8 cm³/mol. The third-order valence-corrected chi connectivity index (χ3v) is 4.74. The van der Waals surface area contributed by atoms with Crippen LogP contribution in [-0.4, -0.2) is 16.3 Å². The molecule has 0 bridgehead atoms. The highest BCUT2D eigenvalue weighted by Gasteiger charge is 2.21. The Morgan fingerprint density at radius 3 is 2.72 bits per heavy atom. The molecule has 1 N–H and O–H groups in total. The number of aromatic nitrogens is 2. The molecule has 3 nitrogen and oxygen atoms in total. The van der Waals surface area contributed by atoms with Crippen molar-refractivity contribution in [2.45, 2.75) is 46.1 Å². The van der Waals surface area contributed by atoms with Crippen molar-refractivity contribution in [1.82, 2.24) is 15.1 Å². The van der Waals surface area contributed by atoms with E-state index >= 15 is 0 Å². The Hall–Kier alpha value is -0.540. The van der Waals surface area contributed by atoms with E-state index in [4.69, 9.17) is 11.6 Å². The maximum atomic E-state index is 6.24. The van der Waals surface area contributed by atoms with E-state index in [2.05, 4.69) is 17.3 Å². The van der Waals surface area contributed by atoms with Gasteiger partial charge >= 0.3 is 0 Å². The Balaban J connectivity index is 1.84. The summed E-state index contributed by atoms with van der Waals surface area (Å²) in [6.45, 7) is 6.25. The molecule has 0 saturated heterocycles. The molecular weight excluding hydrogens is 246 g/mol. The van der Waals surface area contributed by atoms with Crippen LogP contribution in [0.15, 0.2) is 0 Å². The van der Waals surface area contributed by atoms with Crippen LogP contribution in [0.25, 0.3) is 0 Å². The van der Waals surface area contributed by atoms with Gasteiger partial charge in [-0.3, -0.25) is 4.68 Å². The normalized spacial score (nSPS) is 24.4. The summed E-state index contributed by atoms with van der Waals surface area (Å²) in [5, 5.41) is 8.69. The molecule has 0 aromatic carbocycles. The number of hydrogen-bond donors (Lipinski definition) is 1. The first kappa shape index (κ1) is 13.9. The maximum absolute atomic E-state index is 6.24. The molecule has 0 amide bonds. The van der Waals surface area contributed by atoms with Crippen molar-refractivity contribution in [3.63, 3.8) is 0 Å². The zero-order chi connectivity index (χ0) is 13.1. The van der Waals surface area contributed by atoms with Gasteiger partial charge in [-0.1, -0.05) is 37.8 Å². The molecule has 2 atom stereocenters. The molecule has 1 aromatic heterocycles. The number of nitrogens with zero attached hydrogens (tertiary/aromatic N) is 2. The molecule has 1 aliphatic carbocycles. The van der Waals surface area contributed by atoms with Crippen LogP contribution in [0.4, 0.5) is 0 Å². The number of rotatable bonds is 4. The number of hydrogen-bond acceptors (Lipinski definition) is 2. The number of aryl methyl sites for hydroxylation is 2. The first-order valence-corrected chi connectivity index (χ1v) is 7.36.